The number of rotatable bonds is 6. The Bertz CT molecular complexity index is 1270. The van der Waals surface area contributed by atoms with Gasteiger partial charge in [-0.15, -0.1) is 0 Å². The van der Waals surface area contributed by atoms with Crippen molar-refractivity contribution in [2.24, 2.45) is 0 Å². The highest BCUT2D eigenvalue weighted by atomic mass is 35.5. The lowest BCUT2D eigenvalue weighted by Crippen LogP contribution is -2.55. The van der Waals surface area contributed by atoms with Crippen molar-refractivity contribution in [3.05, 3.63) is 70.9 Å². The minimum Gasteiger partial charge on any atom is -0.456 e. The molecule has 0 amide bonds. The van der Waals surface area contributed by atoms with E-state index >= 15 is 0 Å². The van der Waals surface area contributed by atoms with Crippen molar-refractivity contribution in [2.45, 2.75) is 51.4 Å². The molecule has 1 fully saturated rings. The highest BCUT2D eigenvalue weighted by Crippen LogP contribution is 2.38. The molecule has 10 heteroatoms. The number of fused-ring (bicyclic) bond motifs is 1. The predicted octanol–water partition coefficient (Wildman–Crippen LogP) is 3.70. The van der Waals surface area contributed by atoms with Crippen molar-refractivity contribution < 1.29 is 38.4 Å². The van der Waals surface area contributed by atoms with Gasteiger partial charge in [0.25, 0.3) is 0 Å². The van der Waals surface area contributed by atoms with Crippen LogP contribution in [0.5, 0.6) is 0 Å². The van der Waals surface area contributed by atoms with Crippen LogP contribution in [0.15, 0.2) is 54.7 Å². The van der Waals surface area contributed by atoms with Crippen LogP contribution in [0.25, 0.3) is 10.9 Å². The molecule has 0 radical (unpaired) electrons. The summed E-state index contributed by atoms with van der Waals surface area (Å²) < 4.78 is 24.1. The second kappa shape index (κ2) is 10.7. The largest absolute Gasteiger partial charge is 0.456 e. The van der Waals surface area contributed by atoms with Crippen LogP contribution in [0.4, 0.5) is 0 Å². The van der Waals surface area contributed by atoms with Gasteiger partial charge in [0.15, 0.2) is 24.5 Å². The number of ether oxygens (including phenoxy) is 4. The van der Waals surface area contributed by atoms with Crippen LogP contribution in [0.3, 0.4) is 0 Å². The zero-order valence-electron chi connectivity index (χ0n) is 19.9. The maximum atomic E-state index is 12.1. The third kappa shape index (κ3) is 5.38. The van der Waals surface area contributed by atoms with Gasteiger partial charge < -0.3 is 28.6 Å². The number of carbonyl (C=O) groups excluding carboxylic acids is 3. The number of aromatic nitrogens is 1. The van der Waals surface area contributed by atoms with Crippen LogP contribution in [0, 0.1) is 0 Å². The molecule has 3 aromatic rings. The number of carbonyl (C=O) groups is 3. The highest BCUT2D eigenvalue weighted by molar-refractivity contribution is 6.31. The SMILES string of the molecule is CC(=O)O[C@@H]1[C@@H](OC(C)=O)[C@H](OC(C)=O)CO[C@H]1n1cc(C(O)c2ccccc2)c2ccc(Cl)cc21. The van der Waals surface area contributed by atoms with Gasteiger partial charge in [0.1, 0.15) is 6.10 Å². The average molecular weight is 516 g/mol. The van der Waals surface area contributed by atoms with Gasteiger partial charge in [0.05, 0.1) is 12.1 Å². The van der Waals surface area contributed by atoms with Crippen molar-refractivity contribution in [3.63, 3.8) is 0 Å². The summed E-state index contributed by atoms with van der Waals surface area (Å²) in [7, 11) is 0. The van der Waals surface area contributed by atoms with Crippen LogP contribution in [-0.4, -0.2) is 52.5 Å². The minimum atomic E-state index is -1.17. The van der Waals surface area contributed by atoms with Gasteiger partial charge in [0, 0.05) is 42.9 Å². The Labute approximate surface area is 212 Å². The molecule has 1 N–H and O–H groups in total. The number of benzene rings is 2. The predicted molar refractivity (Wildman–Crippen MR) is 129 cm³/mol. The van der Waals surface area contributed by atoms with E-state index in [1.807, 2.05) is 30.3 Å². The standard InChI is InChI=1S/C26H26ClNO8/c1-14(29)34-22-13-33-26(25(36-16(3)31)24(22)35-15(2)30)28-12-20(19-10-9-18(27)11-21(19)28)23(32)17-7-5-4-6-8-17/h4-12,22-26,32H,13H2,1-3H3/t22-,23?,24+,25-,26-/m1/s1. The first kappa shape index (κ1) is 25.7. The Kier molecular flexibility index (Phi) is 7.63. The molecular formula is C26H26ClNO8. The van der Waals surface area contributed by atoms with Gasteiger partial charge in [-0.2, -0.15) is 0 Å². The fraction of sp³-hybridized carbons (Fsp3) is 0.346. The van der Waals surface area contributed by atoms with Gasteiger partial charge in [-0.1, -0.05) is 48.0 Å². The van der Waals surface area contributed by atoms with Crippen LogP contribution in [0.2, 0.25) is 5.02 Å². The number of halogens is 1. The summed E-state index contributed by atoms with van der Waals surface area (Å²) in [5.74, 6) is -1.89. The topological polar surface area (TPSA) is 113 Å². The van der Waals surface area contributed by atoms with E-state index in [0.29, 0.717) is 27.1 Å². The van der Waals surface area contributed by atoms with Crippen molar-refractivity contribution >= 4 is 40.4 Å². The van der Waals surface area contributed by atoms with Gasteiger partial charge in [-0.05, 0) is 17.7 Å². The number of aliphatic hydroxyl groups is 1. The molecule has 5 atom stereocenters. The van der Waals surface area contributed by atoms with Crippen LogP contribution >= 0.6 is 11.6 Å². The van der Waals surface area contributed by atoms with Crippen LogP contribution in [0.1, 0.15) is 44.2 Å². The molecule has 9 nitrogen and oxygen atoms in total. The number of esters is 3. The smallest absolute Gasteiger partial charge is 0.303 e. The van der Waals surface area contributed by atoms with Gasteiger partial charge in [0.2, 0.25) is 0 Å². The van der Waals surface area contributed by atoms with E-state index in [2.05, 4.69) is 0 Å². The van der Waals surface area contributed by atoms with E-state index in [0.717, 1.165) is 0 Å². The number of hydrogen-bond donors (Lipinski definition) is 1. The molecule has 2 heterocycles. The first-order chi connectivity index (χ1) is 17.2. The van der Waals surface area contributed by atoms with E-state index in [1.54, 1.807) is 29.0 Å². The third-order valence-electron chi connectivity index (χ3n) is 5.84. The van der Waals surface area contributed by atoms with Crippen LogP contribution in [-0.2, 0) is 33.3 Å². The van der Waals surface area contributed by atoms with Gasteiger partial charge >= 0.3 is 17.9 Å². The quantitative estimate of drug-likeness (QED) is 0.390. The van der Waals surface area contributed by atoms with Crippen molar-refractivity contribution in [1.29, 1.82) is 0 Å². The molecule has 1 aliphatic heterocycles. The van der Waals surface area contributed by atoms with E-state index in [-0.39, 0.29) is 6.61 Å². The fourth-order valence-electron chi connectivity index (χ4n) is 4.46. The Morgan fingerprint density at radius 3 is 2.25 bits per heavy atom. The first-order valence-corrected chi connectivity index (χ1v) is 11.7. The molecular weight excluding hydrogens is 490 g/mol. The molecule has 1 unspecified atom stereocenters. The number of hydrogen-bond acceptors (Lipinski definition) is 8. The van der Waals surface area contributed by atoms with Crippen molar-refractivity contribution in [1.82, 2.24) is 4.57 Å². The molecule has 0 bridgehead atoms. The van der Waals surface area contributed by atoms with Gasteiger partial charge in [-0.3, -0.25) is 14.4 Å². The lowest BCUT2D eigenvalue weighted by atomic mass is 10.0. The van der Waals surface area contributed by atoms with Crippen molar-refractivity contribution in [3.8, 4) is 0 Å². The summed E-state index contributed by atoms with van der Waals surface area (Å²) in [6, 6.07) is 14.3. The lowest BCUT2D eigenvalue weighted by molar-refractivity contribution is -0.239. The molecule has 36 heavy (non-hydrogen) atoms. The van der Waals surface area contributed by atoms with E-state index in [4.69, 9.17) is 30.5 Å². The minimum absolute atomic E-state index is 0.128. The molecule has 0 saturated carbocycles. The van der Waals surface area contributed by atoms with E-state index in [1.165, 1.54) is 20.8 Å². The molecule has 1 saturated heterocycles. The fourth-order valence-corrected chi connectivity index (χ4v) is 4.62. The monoisotopic (exact) mass is 515 g/mol. The third-order valence-corrected chi connectivity index (χ3v) is 6.07. The molecule has 4 rings (SSSR count). The average Bonchev–Trinajstić information content (AvgIpc) is 3.19. The summed E-state index contributed by atoms with van der Waals surface area (Å²) in [4.78, 5) is 35.7. The zero-order valence-corrected chi connectivity index (χ0v) is 20.7. The second-order valence-electron chi connectivity index (χ2n) is 8.49. The molecule has 190 valence electrons. The Hall–Kier alpha value is -3.40. The molecule has 1 aromatic heterocycles. The summed E-state index contributed by atoms with van der Waals surface area (Å²) >= 11 is 6.31. The zero-order chi connectivity index (χ0) is 26.0. The summed E-state index contributed by atoms with van der Waals surface area (Å²) in [5.41, 5.74) is 1.85. The molecule has 1 aliphatic rings. The maximum Gasteiger partial charge on any atom is 0.303 e. The summed E-state index contributed by atoms with van der Waals surface area (Å²) in [6.45, 7) is 3.51. The Morgan fingerprint density at radius 2 is 1.61 bits per heavy atom. The normalized spacial score (nSPS) is 22.6. The van der Waals surface area contributed by atoms with Crippen LogP contribution < -0.4 is 0 Å². The van der Waals surface area contributed by atoms with Crippen molar-refractivity contribution in [2.75, 3.05) is 6.61 Å². The Morgan fingerprint density at radius 1 is 0.972 bits per heavy atom. The molecule has 0 spiro atoms. The van der Waals surface area contributed by atoms with E-state index in [9.17, 15) is 19.5 Å². The number of aliphatic hydroxyl groups excluding tert-OH is 1. The summed E-state index contributed by atoms with van der Waals surface area (Å²) in [5, 5.41) is 12.3. The summed E-state index contributed by atoms with van der Waals surface area (Å²) in [6.07, 6.45) is -3.55. The lowest BCUT2D eigenvalue weighted by Gasteiger charge is -2.41. The van der Waals surface area contributed by atoms with E-state index < -0.39 is 48.6 Å². The molecule has 0 aliphatic carbocycles. The number of nitrogens with zero attached hydrogens (tertiary/aromatic N) is 1. The second-order valence-corrected chi connectivity index (χ2v) is 8.92. The Balaban J connectivity index is 1.83. The highest BCUT2D eigenvalue weighted by Gasteiger charge is 2.48. The first-order valence-electron chi connectivity index (χ1n) is 11.3. The maximum absolute atomic E-state index is 12.1. The molecule has 2 aromatic carbocycles. The van der Waals surface area contributed by atoms with Gasteiger partial charge in [-0.25, -0.2) is 0 Å².